The molecule has 1 atom stereocenters. The average Bonchev–Trinajstić information content (AvgIpc) is 2.40. The summed E-state index contributed by atoms with van der Waals surface area (Å²) in [5, 5.41) is 2.74. The van der Waals surface area contributed by atoms with Gasteiger partial charge in [0, 0.05) is 0 Å². The van der Waals surface area contributed by atoms with Crippen molar-refractivity contribution in [2.45, 2.75) is 25.8 Å². The topological polar surface area (TPSA) is 65.0 Å². The second-order valence-corrected chi connectivity index (χ2v) is 4.92. The maximum absolute atomic E-state index is 11.1. The number of methoxy groups -OCH3 is 1. The van der Waals surface area contributed by atoms with Crippen molar-refractivity contribution in [3.05, 3.63) is 33.1 Å². The molecule has 0 aromatic heterocycles. The van der Waals surface area contributed by atoms with Gasteiger partial charge in [0.2, 0.25) is 0 Å². The largest absolute Gasteiger partial charge is 0.492 e. The molecule has 1 unspecified atom stereocenters. The SMILES string of the molecule is COC(=O)C(CCCOc1ccc(C)cc1Br)N=O. The molecule has 0 spiro atoms. The monoisotopic (exact) mass is 329 g/mol. The Labute approximate surface area is 120 Å². The summed E-state index contributed by atoms with van der Waals surface area (Å²) in [5.41, 5.74) is 1.13. The van der Waals surface area contributed by atoms with Gasteiger partial charge in [-0.2, -0.15) is 0 Å². The van der Waals surface area contributed by atoms with E-state index in [1.165, 1.54) is 7.11 Å². The summed E-state index contributed by atoms with van der Waals surface area (Å²) < 4.78 is 10.9. The van der Waals surface area contributed by atoms with Gasteiger partial charge in [0.05, 0.1) is 18.2 Å². The number of aryl methyl sites for hydroxylation is 1. The Morgan fingerprint density at radius 1 is 1.47 bits per heavy atom. The third-order valence-corrected chi connectivity index (χ3v) is 3.19. The predicted molar refractivity (Wildman–Crippen MR) is 75.2 cm³/mol. The molecule has 0 N–H and O–H groups in total. The van der Waals surface area contributed by atoms with Gasteiger partial charge < -0.3 is 9.47 Å². The van der Waals surface area contributed by atoms with Crippen molar-refractivity contribution in [3.63, 3.8) is 0 Å². The number of hydrogen-bond acceptors (Lipinski definition) is 5. The minimum Gasteiger partial charge on any atom is -0.492 e. The quantitative estimate of drug-likeness (QED) is 0.437. The maximum atomic E-state index is 11.1. The molecule has 19 heavy (non-hydrogen) atoms. The van der Waals surface area contributed by atoms with Gasteiger partial charge in [-0.25, -0.2) is 4.79 Å². The summed E-state index contributed by atoms with van der Waals surface area (Å²) in [6, 6.07) is 4.83. The van der Waals surface area contributed by atoms with Crippen molar-refractivity contribution in [1.29, 1.82) is 0 Å². The summed E-state index contributed by atoms with van der Waals surface area (Å²) in [6.07, 6.45) is 0.867. The highest BCUT2D eigenvalue weighted by molar-refractivity contribution is 9.10. The van der Waals surface area contributed by atoms with Crippen LogP contribution in [0.15, 0.2) is 27.8 Å². The standard InChI is InChI=1S/C13H16BrNO4/c1-9-5-6-12(10(14)8-9)19-7-3-4-11(15-17)13(16)18-2/h5-6,8,11H,3-4,7H2,1-2H3. The second-order valence-electron chi connectivity index (χ2n) is 4.07. The highest BCUT2D eigenvalue weighted by Crippen LogP contribution is 2.25. The molecule has 0 aliphatic carbocycles. The van der Waals surface area contributed by atoms with Crippen LogP contribution in [-0.2, 0) is 9.53 Å². The van der Waals surface area contributed by atoms with Crippen LogP contribution in [0.4, 0.5) is 0 Å². The number of carbonyl (C=O) groups is 1. The van der Waals surface area contributed by atoms with Crippen LogP contribution in [0.1, 0.15) is 18.4 Å². The smallest absolute Gasteiger partial charge is 0.334 e. The maximum Gasteiger partial charge on any atom is 0.334 e. The zero-order valence-corrected chi connectivity index (χ0v) is 12.5. The third-order valence-electron chi connectivity index (χ3n) is 2.57. The van der Waals surface area contributed by atoms with Crippen molar-refractivity contribution < 1.29 is 14.3 Å². The molecular formula is C13H16BrNO4. The molecule has 1 aromatic carbocycles. The van der Waals surface area contributed by atoms with Gasteiger partial charge in [0.1, 0.15) is 5.75 Å². The van der Waals surface area contributed by atoms with E-state index in [2.05, 4.69) is 25.8 Å². The molecule has 0 aliphatic heterocycles. The number of nitrogens with zero attached hydrogens (tertiary/aromatic N) is 1. The number of halogens is 1. The Morgan fingerprint density at radius 3 is 2.79 bits per heavy atom. The number of esters is 1. The first kappa shape index (κ1) is 15.6. The van der Waals surface area contributed by atoms with Crippen LogP contribution < -0.4 is 4.74 Å². The molecular weight excluding hydrogens is 314 g/mol. The molecule has 0 saturated carbocycles. The molecule has 0 aliphatic rings. The summed E-state index contributed by atoms with van der Waals surface area (Å²) in [4.78, 5) is 21.6. The van der Waals surface area contributed by atoms with E-state index in [1.54, 1.807) is 0 Å². The van der Waals surface area contributed by atoms with E-state index in [0.29, 0.717) is 19.4 Å². The Hall–Kier alpha value is -1.43. The molecule has 104 valence electrons. The van der Waals surface area contributed by atoms with Gasteiger partial charge in [-0.3, -0.25) is 0 Å². The molecule has 0 heterocycles. The van der Waals surface area contributed by atoms with Gasteiger partial charge in [-0.05, 0) is 53.4 Å². The third kappa shape index (κ3) is 4.98. The molecule has 1 aromatic rings. The summed E-state index contributed by atoms with van der Waals surface area (Å²) >= 11 is 3.41. The number of ether oxygens (including phenoxy) is 2. The minimum atomic E-state index is -0.949. The van der Waals surface area contributed by atoms with E-state index in [9.17, 15) is 9.70 Å². The lowest BCUT2D eigenvalue weighted by molar-refractivity contribution is -0.142. The van der Waals surface area contributed by atoms with Crippen LogP contribution >= 0.6 is 15.9 Å². The average molecular weight is 330 g/mol. The van der Waals surface area contributed by atoms with Crippen LogP contribution in [0, 0.1) is 11.8 Å². The lowest BCUT2D eigenvalue weighted by Gasteiger charge is -2.10. The summed E-state index contributed by atoms with van der Waals surface area (Å²) in [5.74, 6) is 0.130. The number of carbonyl (C=O) groups excluding carboxylic acids is 1. The van der Waals surface area contributed by atoms with Crippen LogP contribution in [0.3, 0.4) is 0 Å². The molecule has 0 amide bonds. The first-order valence-corrected chi connectivity index (χ1v) is 6.67. The zero-order chi connectivity index (χ0) is 14.3. The van der Waals surface area contributed by atoms with Gasteiger partial charge >= 0.3 is 5.97 Å². The fourth-order valence-corrected chi connectivity index (χ4v) is 2.14. The van der Waals surface area contributed by atoms with Crippen molar-refractivity contribution in [1.82, 2.24) is 0 Å². The van der Waals surface area contributed by atoms with Gasteiger partial charge in [-0.1, -0.05) is 11.2 Å². The number of nitroso groups, excluding NO2 is 1. The molecule has 6 heteroatoms. The molecule has 1 rings (SSSR count). The number of hydrogen-bond donors (Lipinski definition) is 0. The van der Waals surface area contributed by atoms with Crippen LogP contribution in [0.2, 0.25) is 0 Å². The lowest BCUT2D eigenvalue weighted by Crippen LogP contribution is -2.20. The Balaban J connectivity index is 2.38. The number of rotatable bonds is 7. The van der Waals surface area contributed by atoms with Crippen molar-refractivity contribution >= 4 is 21.9 Å². The Morgan fingerprint density at radius 2 is 2.21 bits per heavy atom. The van der Waals surface area contributed by atoms with E-state index in [0.717, 1.165) is 15.8 Å². The van der Waals surface area contributed by atoms with Crippen molar-refractivity contribution in [3.8, 4) is 5.75 Å². The van der Waals surface area contributed by atoms with Gasteiger partial charge in [-0.15, -0.1) is 4.91 Å². The summed E-state index contributed by atoms with van der Waals surface area (Å²) in [6.45, 7) is 2.40. The first-order chi connectivity index (χ1) is 9.08. The van der Waals surface area contributed by atoms with Crippen LogP contribution in [0.5, 0.6) is 5.75 Å². The van der Waals surface area contributed by atoms with E-state index < -0.39 is 12.0 Å². The molecule has 5 nitrogen and oxygen atoms in total. The van der Waals surface area contributed by atoms with E-state index in [4.69, 9.17) is 4.74 Å². The van der Waals surface area contributed by atoms with Crippen LogP contribution in [0.25, 0.3) is 0 Å². The van der Waals surface area contributed by atoms with Gasteiger partial charge in [0.25, 0.3) is 0 Å². The molecule has 0 bridgehead atoms. The van der Waals surface area contributed by atoms with E-state index in [-0.39, 0.29) is 0 Å². The molecule has 0 fully saturated rings. The zero-order valence-electron chi connectivity index (χ0n) is 10.9. The minimum absolute atomic E-state index is 0.319. The Bertz CT molecular complexity index is 450. The lowest BCUT2D eigenvalue weighted by atomic mass is 10.2. The van der Waals surface area contributed by atoms with Gasteiger partial charge in [0.15, 0.2) is 6.04 Å². The van der Waals surface area contributed by atoms with E-state index >= 15 is 0 Å². The summed E-state index contributed by atoms with van der Waals surface area (Å²) in [7, 11) is 1.24. The highest BCUT2D eigenvalue weighted by Gasteiger charge is 2.19. The molecule has 0 saturated heterocycles. The second kappa shape index (κ2) is 7.89. The predicted octanol–water partition coefficient (Wildman–Crippen LogP) is 3.22. The fraction of sp³-hybridized carbons (Fsp3) is 0.462. The van der Waals surface area contributed by atoms with E-state index in [1.807, 2.05) is 25.1 Å². The highest BCUT2D eigenvalue weighted by atomic mass is 79.9. The first-order valence-electron chi connectivity index (χ1n) is 5.87. The van der Waals surface area contributed by atoms with Crippen molar-refractivity contribution in [2.24, 2.45) is 5.18 Å². The number of benzene rings is 1. The fourth-order valence-electron chi connectivity index (χ4n) is 1.53. The van der Waals surface area contributed by atoms with Crippen molar-refractivity contribution in [2.75, 3.05) is 13.7 Å². The Kier molecular flexibility index (Phi) is 6.49. The normalized spacial score (nSPS) is 11.7. The molecule has 0 radical (unpaired) electrons. The van der Waals surface area contributed by atoms with Crippen LogP contribution in [-0.4, -0.2) is 25.7 Å².